The van der Waals surface area contributed by atoms with Crippen LogP contribution in [0, 0.1) is 0 Å². The first kappa shape index (κ1) is 28.2. The monoisotopic (exact) mass is 603 g/mol. The lowest BCUT2D eigenvalue weighted by Crippen LogP contribution is -2.47. The van der Waals surface area contributed by atoms with Crippen molar-refractivity contribution in [3.63, 3.8) is 0 Å². The van der Waals surface area contributed by atoms with E-state index in [0.29, 0.717) is 56.0 Å². The van der Waals surface area contributed by atoms with Crippen LogP contribution in [0.1, 0.15) is 24.0 Å². The molecule has 1 amide bonds. The third kappa shape index (κ3) is 5.73. The molecule has 0 atom stereocenters. The number of carbonyl (C=O) groups excluding carboxylic acids is 1. The van der Waals surface area contributed by atoms with E-state index < -0.39 is 5.60 Å². The Hall–Kier alpha value is -3.90. The molecule has 216 valence electrons. The highest BCUT2D eigenvalue weighted by Gasteiger charge is 2.33. The number of aliphatic hydroxyl groups is 1. The minimum absolute atomic E-state index is 0.150. The SMILES string of the molecule is Cn1nc2c(=O)n(CC3(O)CCN(Cc4ccc(-c5cncs5)cc4Cl)CC3)cnc2c1-c1ccc(CNC=O)cc1. The number of aryl methyl sites for hydroxylation is 1. The first-order valence-corrected chi connectivity index (χ1v) is 14.9. The number of hydrogen-bond acceptors (Lipinski definition) is 8. The second kappa shape index (κ2) is 11.8. The van der Waals surface area contributed by atoms with Gasteiger partial charge in [0.15, 0.2) is 5.52 Å². The van der Waals surface area contributed by atoms with Crippen LogP contribution >= 0.6 is 22.9 Å². The summed E-state index contributed by atoms with van der Waals surface area (Å²) in [6.45, 7) is 2.64. The number of aromatic nitrogens is 5. The number of nitrogens with zero attached hydrogens (tertiary/aromatic N) is 6. The van der Waals surface area contributed by atoms with Crippen molar-refractivity contribution >= 4 is 40.4 Å². The number of fused-ring (bicyclic) bond motifs is 1. The molecule has 0 bridgehead atoms. The van der Waals surface area contributed by atoms with Crippen LogP contribution in [0.2, 0.25) is 5.02 Å². The van der Waals surface area contributed by atoms with Gasteiger partial charge in [0.2, 0.25) is 6.41 Å². The minimum Gasteiger partial charge on any atom is -0.388 e. The fourth-order valence-electron chi connectivity index (χ4n) is 5.50. The number of carbonyl (C=O) groups is 1. The average molecular weight is 604 g/mol. The average Bonchev–Trinajstić information content (AvgIpc) is 3.65. The number of thiazole rings is 1. The number of likely N-dealkylation sites (tertiary alicyclic amines) is 1. The number of rotatable bonds is 9. The standard InChI is InChI=1S/C30H30ClN7O3S/c1-36-28(21-4-2-20(3-5-21)13-32-18-39)26-27(35-36)29(40)38(17-34-26)16-30(41)8-10-37(11-9-30)15-23-7-6-22(12-24(23)31)25-14-33-19-42-25/h2-7,12,14,17-19,41H,8-11,13,15-16H2,1H3,(H,32,39). The van der Waals surface area contributed by atoms with Crippen molar-refractivity contribution in [2.75, 3.05) is 13.1 Å². The zero-order chi connectivity index (χ0) is 29.3. The molecule has 0 spiro atoms. The fraction of sp³-hybridized carbons (Fsp3) is 0.300. The molecule has 0 radical (unpaired) electrons. The first-order valence-electron chi connectivity index (χ1n) is 13.6. The molecule has 0 unspecified atom stereocenters. The molecular weight excluding hydrogens is 574 g/mol. The lowest BCUT2D eigenvalue weighted by atomic mass is 9.91. The van der Waals surface area contributed by atoms with E-state index >= 15 is 0 Å². The van der Waals surface area contributed by atoms with Crippen molar-refractivity contribution in [3.05, 3.63) is 87.0 Å². The van der Waals surface area contributed by atoms with Crippen LogP contribution in [0.4, 0.5) is 0 Å². The van der Waals surface area contributed by atoms with E-state index in [1.807, 2.05) is 36.5 Å². The van der Waals surface area contributed by atoms with Gasteiger partial charge in [-0.3, -0.25) is 28.7 Å². The van der Waals surface area contributed by atoms with E-state index in [2.05, 4.69) is 37.4 Å². The highest BCUT2D eigenvalue weighted by Crippen LogP contribution is 2.31. The molecule has 5 aromatic rings. The summed E-state index contributed by atoms with van der Waals surface area (Å²) in [5.74, 6) is 0. The fourth-order valence-corrected chi connectivity index (χ4v) is 6.36. The van der Waals surface area contributed by atoms with Gasteiger partial charge in [-0.25, -0.2) is 4.98 Å². The maximum absolute atomic E-state index is 13.4. The van der Waals surface area contributed by atoms with E-state index in [1.54, 1.807) is 28.6 Å². The molecule has 10 nitrogen and oxygen atoms in total. The Morgan fingerprint density at radius 1 is 1.12 bits per heavy atom. The minimum atomic E-state index is -1.03. The Morgan fingerprint density at radius 3 is 2.57 bits per heavy atom. The van der Waals surface area contributed by atoms with Crippen molar-refractivity contribution in [2.24, 2.45) is 7.05 Å². The summed E-state index contributed by atoms with van der Waals surface area (Å²) in [6.07, 6.45) is 5.05. The lowest BCUT2D eigenvalue weighted by molar-refractivity contribution is -0.109. The van der Waals surface area contributed by atoms with Crippen LogP contribution in [0.5, 0.6) is 0 Å². The molecule has 12 heteroatoms. The van der Waals surface area contributed by atoms with Crippen LogP contribution in [-0.2, 0) is 31.5 Å². The molecule has 6 rings (SSSR count). The molecule has 2 aromatic carbocycles. The Labute approximate surface area is 251 Å². The number of piperidine rings is 1. The molecule has 4 heterocycles. The van der Waals surface area contributed by atoms with Crippen molar-refractivity contribution in [1.82, 2.24) is 34.5 Å². The second-order valence-electron chi connectivity index (χ2n) is 10.7. The lowest BCUT2D eigenvalue weighted by Gasteiger charge is -2.38. The topological polar surface area (TPSA) is 118 Å². The van der Waals surface area contributed by atoms with Gasteiger partial charge in [-0.05, 0) is 35.6 Å². The van der Waals surface area contributed by atoms with Gasteiger partial charge >= 0.3 is 0 Å². The van der Waals surface area contributed by atoms with Crippen LogP contribution < -0.4 is 10.9 Å². The molecule has 1 saturated heterocycles. The van der Waals surface area contributed by atoms with E-state index in [9.17, 15) is 14.7 Å². The molecule has 2 N–H and O–H groups in total. The van der Waals surface area contributed by atoms with Gasteiger partial charge in [-0.1, -0.05) is 48.0 Å². The highest BCUT2D eigenvalue weighted by molar-refractivity contribution is 7.13. The molecule has 42 heavy (non-hydrogen) atoms. The Morgan fingerprint density at radius 2 is 1.88 bits per heavy atom. The maximum atomic E-state index is 13.4. The van der Waals surface area contributed by atoms with Crippen molar-refractivity contribution in [3.8, 4) is 21.7 Å². The van der Waals surface area contributed by atoms with Gasteiger partial charge in [-0.15, -0.1) is 11.3 Å². The zero-order valence-corrected chi connectivity index (χ0v) is 24.6. The van der Waals surface area contributed by atoms with Gasteiger partial charge in [0.25, 0.3) is 5.56 Å². The molecule has 1 fully saturated rings. The zero-order valence-electron chi connectivity index (χ0n) is 23.0. The smallest absolute Gasteiger partial charge is 0.281 e. The summed E-state index contributed by atoms with van der Waals surface area (Å²) < 4.78 is 3.13. The number of nitrogens with one attached hydrogen (secondary N) is 1. The largest absolute Gasteiger partial charge is 0.388 e. The van der Waals surface area contributed by atoms with E-state index in [-0.39, 0.29) is 17.6 Å². The van der Waals surface area contributed by atoms with Crippen LogP contribution in [0.3, 0.4) is 0 Å². The molecule has 1 aliphatic rings. The first-order chi connectivity index (χ1) is 20.3. The van der Waals surface area contributed by atoms with Gasteiger partial charge in [0.1, 0.15) is 5.52 Å². The predicted molar refractivity (Wildman–Crippen MR) is 163 cm³/mol. The third-order valence-electron chi connectivity index (χ3n) is 7.84. The predicted octanol–water partition coefficient (Wildman–Crippen LogP) is 3.85. The summed E-state index contributed by atoms with van der Waals surface area (Å²) in [6, 6.07) is 13.8. The van der Waals surface area contributed by atoms with Crippen molar-refractivity contribution in [2.45, 2.75) is 38.1 Å². The Balaban J connectivity index is 1.13. The molecule has 0 aliphatic carbocycles. The molecule has 1 aliphatic heterocycles. The summed E-state index contributed by atoms with van der Waals surface area (Å²) in [5.41, 5.74) is 5.92. The van der Waals surface area contributed by atoms with Crippen LogP contribution in [0.25, 0.3) is 32.7 Å². The Kier molecular flexibility index (Phi) is 7.91. The molecular formula is C30H30ClN7O3S. The van der Waals surface area contributed by atoms with Gasteiger partial charge in [0.05, 0.1) is 34.6 Å². The van der Waals surface area contributed by atoms with E-state index in [1.165, 1.54) is 10.9 Å². The number of halogens is 1. The maximum Gasteiger partial charge on any atom is 0.281 e. The van der Waals surface area contributed by atoms with Gasteiger partial charge < -0.3 is 10.4 Å². The quantitative estimate of drug-likeness (QED) is 0.246. The summed E-state index contributed by atoms with van der Waals surface area (Å²) in [7, 11) is 1.78. The summed E-state index contributed by atoms with van der Waals surface area (Å²) >= 11 is 8.19. The van der Waals surface area contributed by atoms with Crippen LogP contribution in [-0.4, -0.2) is 59.4 Å². The van der Waals surface area contributed by atoms with Crippen molar-refractivity contribution < 1.29 is 9.90 Å². The third-order valence-corrected chi connectivity index (χ3v) is 9.02. The summed E-state index contributed by atoms with van der Waals surface area (Å²) in [4.78, 5) is 36.1. The van der Waals surface area contributed by atoms with Crippen LogP contribution in [0.15, 0.2) is 65.3 Å². The molecule has 3 aromatic heterocycles. The summed E-state index contributed by atoms with van der Waals surface area (Å²) in [5, 5.41) is 19.3. The van der Waals surface area contributed by atoms with E-state index in [4.69, 9.17) is 11.6 Å². The number of hydrogen-bond donors (Lipinski definition) is 2. The second-order valence-corrected chi connectivity index (χ2v) is 12.0. The van der Waals surface area contributed by atoms with Gasteiger partial charge in [0, 0.05) is 50.0 Å². The van der Waals surface area contributed by atoms with Gasteiger partial charge in [-0.2, -0.15) is 5.10 Å². The van der Waals surface area contributed by atoms with Crippen molar-refractivity contribution in [1.29, 1.82) is 0 Å². The molecule has 0 saturated carbocycles. The Bertz CT molecular complexity index is 1780. The number of amides is 1. The van der Waals surface area contributed by atoms with E-state index in [0.717, 1.165) is 32.8 Å². The highest BCUT2D eigenvalue weighted by atomic mass is 35.5. The number of benzene rings is 2. The normalized spacial score (nSPS) is 15.2.